The van der Waals surface area contributed by atoms with Crippen LogP contribution in [-0.2, 0) is 9.53 Å². The zero-order valence-corrected chi connectivity index (χ0v) is 6.67. The van der Waals surface area contributed by atoms with Crippen molar-refractivity contribution in [2.24, 2.45) is 5.73 Å². The van der Waals surface area contributed by atoms with Crippen molar-refractivity contribution in [1.82, 2.24) is 0 Å². The second-order valence-corrected chi connectivity index (χ2v) is 2.30. The van der Waals surface area contributed by atoms with Gasteiger partial charge in [-0.2, -0.15) is 13.2 Å². The molecule has 0 heterocycles. The molecule has 0 aromatic heterocycles. The Kier molecular flexibility index (Phi) is 4.71. The lowest BCUT2D eigenvalue weighted by molar-refractivity contribution is -0.162. The smallest absolute Gasteiger partial charge is 0.391 e. The third-order valence-corrected chi connectivity index (χ3v) is 1.19. The molecule has 1 atom stereocenters. The first-order valence-electron chi connectivity index (χ1n) is 3.48. The summed E-state index contributed by atoms with van der Waals surface area (Å²) in [5.74, 6) is -1.36. The maximum absolute atomic E-state index is 11.6. The van der Waals surface area contributed by atoms with Crippen LogP contribution in [0.1, 0.15) is 6.42 Å². The number of rotatable bonds is 5. The lowest BCUT2D eigenvalue weighted by Gasteiger charge is -2.12. The van der Waals surface area contributed by atoms with E-state index < -0.39 is 31.3 Å². The van der Waals surface area contributed by atoms with Crippen LogP contribution in [0.4, 0.5) is 13.2 Å². The van der Waals surface area contributed by atoms with Crippen molar-refractivity contribution in [2.45, 2.75) is 18.7 Å². The summed E-state index contributed by atoms with van der Waals surface area (Å²) in [6.45, 7) is -1.02. The van der Waals surface area contributed by atoms with Gasteiger partial charge < -0.3 is 15.6 Å². The van der Waals surface area contributed by atoms with Crippen molar-refractivity contribution in [3.05, 3.63) is 0 Å². The van der Waals surface area contributed by atoms with Gasteiger partial charge in [-0.05, 0) is 0 Å². The van der Waals surface area contributed by atoms with Gasteiger partial charge in [0.15, 0.2) is 6.10 Å². The highest BCUT2D eigenvalue weighted by atomic mass is 19.4. The monoisotopic (exact) mass is 201 g/mol. The molecule has 0 radical (unpaired) electrons. The number of alkyl halides is 3. The quantitative estimate of drug-likeness (QED) is 0.673. The van der Waals surface area contributed by atoms with E-state index >= 15 is 0 Å². The zero-order valence-electron chi connectivity index (χ0n) is 6.67. The first-order chi connectivity index (χ1) is 5.87. The second kappa shape index (κ2) is 5.03. The van der Waals surface area contributed by atoms with Gasteiger partial charge in [0, 0.05) is 6.54 Å². The number of hydrogen-bond acceptors (Lipinski definition) is 3. The summed E-state index contributed by atoms with van der Waals surface area (Å²) >= 11 is 0. The SMILES string of the molecule is NCC(OCCC(F)(F)F)C(=O)O. The van der Waals surface area contributed by atoms with Gasteiger partial charge in [0.25, 0.3) is 0 Å². The summed E-state index contributed by atoms with van der Waals surface area (Å²) in [6, 6.07) is 0. The van der Waals surface area contributed by atoms with E-state index in [-0.39, 0.29) is 6.54 Å². The van der Waals surface area contributed by atoms with Gasteiger partial charge in [0.2, 0.25) is 0 Å². The summed E-state index contributed by atoms with van der Waals surface area (Å²) in [7, 11) is 0. The number of carboxylic acid groups (broad SMARTS) is 1. The highest BCUT2D eigenvalue weighted by molar-refractivity contribution is 5.72. The third kappa shape index (κ3) is 6.35. The molecule has 0 aromatic rings. The van der Waals surface area contributed by atoms with E-state index in [1.165, 1.54) is 0 Å². The van der Waals surface area contributed by atoms with Crippen LogP contribution in [0, 0.1) is 0 Å². The fourth-order valence-corrected chi connectivity index (χ4v) is 0.557. The number of ether oxygens (including phenoxy) is 1. The Morgan fingerprint density at radius 2 is 2.08 bits per heavy atom. The highest BCUT2D eigenvalue weighted by Gasteiger charge is 2.27. The van der Waals surface area contributed by atoms with Crippen LogP contribution in [0.3, 0.4) is 0 Å². The number of hydrogen-bond donors (Lipinski definition) is 2. The Morgan fingerprint density at radius 3 is 2.38 bits per heavy atom. The number of aliphatic carboxylic acids is 1. The van der Waals surface area contributed by atoms with Gasteiger partial charge in [-0.3, -0.25) is 0 Å². The summed E-state index contributed by atoms with van der Waals surface area (Å²) in [6.07, 6.45) is -6.86. The number of halogens is 3. The molecule has 0 spiro atoms. The maximum Gasteiger partial charge on any atom is 0.391 e. The normalized spacial score (nSPS) is 14.2. The molecule has 0 aromatic carbocycles. The Bertz CT molecular complexity index is 171. The first kappa shape index (κ1) is 12.2. The number of carboxylic acids is 1. The highest BCUT2D eigenvalue weighted by Crippen LogP contribution is 2.19. The minimum Gasteiger partial charge on any atom is -0.479 e. The van der Waals surface area contributed by atoms with Crippen molar-refractivity contribution in [2.75, 3.05) is 13.2 Å². The van der Waals surface area contributed by atoms with E-state index in [2.05, 4.69) is 4.74 Å². The molecule has 0 saturated carbocycles. The van der Waals surface area contributed by atoms with Crippen LogP contribution >= 0.6 is 0 Å². The average Bonchev–Trinajstić information content (AvgIpc) is 1.95. The van der Waals surface area contributed by atoms with E-state index in [1.54, 1.807) is 0 Å². The van der Waals surface area contributed by atoms with Gasteiger partial charge in [-0.25, -0.2) is 4.79 Å². The van der Waals surface area contributed by atoms with E-state index in [0.29, 0.717) is 0 Å². The zero-order chi connectivity index (χ0) is 10.5. The molecule has 0 amide bonds. The van der Waals surface area contributed by atoms with E-state index in [9.17, 15) is 18.0 Å². The first-order valence-corrected chi connectivity index (χ1v) is 3.48. The van der Waals surface area contributed by atoms with Crippen molar-refractivity contribution in [1.29, 1.82) is 0 Å². The van der Waals surface area contributed by atoms with Crippen LogP contribution in [0.2, 0.25) is 0 Å². The molecular formula is C6H10F3NO3. The van der Waals surface area contributed by atoms with Crippen LogP contribution < -0.4 is 5.73 Å². The van der Waals surface area contributed by atoms with Crippen molar-refractivity contribution < 1.29 is 27.8 Å². The lowest BCUT2D eigenvalue weighted by Crippen LogP contribution is -2.33. The third-order valence-electron chi connectivity index (χ3n) is 1.19. The molecule has 0 fully saturated rings. The molecule has 0 aliphatic rings. The van der Waals surface area contributed by atoms with Crippen LogP contribution in [0.25, 0.3) is 0 Å². The Hall–Kier alpha value is -0.820. The molecule has 0 saturated heterocycles. The number of carbonyl (C=O) groups is 1. The topological polar surface area (TPSA) is 72.5 Å². The molecule has 7 heteroatoms. The molecule has 3 N–H and O–H groups in total. The molecule has 0 rings (SSSR count). The number of nitrogens with two attached hydrogens (primary N) is 1. The Labute approximate surface area is 72.5 Å². The van der Waals surface area contributed by atoms with Crippen LogP contribution in [0.15, 0.2) is 0 Å². The average molecular weight is 201 g/mol. The molecule has 0 aliphatic heterocycles. The second-order valence-electron chi connectivity index (χ2n) is 2.30. The Balaban J connectivity index is 3.68. The lowest BCUT2D eigenvalue weighted by atomic mass is 10.3. The van der Waals surface area contributed by atoms with Crippen LogP contribution in [0.5, 0.6) is 0 Å². The minimum absolute atomic E-state index is 0.340. The van der Waals surface area contributed by atoms with E-state index in [0.717, 1.165) is 0 Å². The summed E-state index contributed by atoms with van der Waals surface area (Å²) in [4.78, 5) is 10.2. The molecule has 4 nitrogen and oxygen atoms in total. The fraction of sp³-hybridized carbons (Fsp3) is 0.833. The van der Waals surface area contributed by atoms with Gasteiger partial charge in [0.05, 0.1) is 13.0 Å². The van der Waals surface area contributed by atoms with Gasteiger partial charge in [0.1, 0.15) is 0 Å². The largest absolute Gasteiger partial charge is 0.479 e. The molecule has 0 bridgehead atoms. The van der Waals surface area contributed by atoms with Gasteiger partial charge >= 0.3 is 12.1 Å². The molecule has 13 heavy (non-hydrogen) atoms. The molecular weight excluding hydrogens is 191 g/mol. The standard InChI is InChI=1S/C6H10F3NO3/c7-6(8,9)1-2-13-4(3-10)5(11)12/h4H,1-3,10H2,(H,11,12). The van der Waals surface area contributed by atoms with Gasteiger partial charge in [-0.1, -0.05) is 0 Å². The van der Waals surface area contributed by atoms with Gasteiger partial charge in [-0.15, -0.1) is 0 Å². The maximum atomic E-state index is 11.6. The Morgan fingerprint density at radius 1 is 1.54 bits per heavy atom. The molecule has 1 unspecified atom stereocenters. The van der Waals surface area contributed by atoms with Crippen LogP contribution in [-0.4, -0.2) is 36.5 Å². The summed E-state index contributed by atoms with van der Waals surface area (Å²) < 4.78 is 39.0. The predicted octanol–water partition coefficient (Wildman–Crippen LogP) is 0.367. The van der Waals surface area contributed by atoms with E-state index in [4.69, 9.17) is 10.8 Å². The fourth-order valence-electron chi connectivity index (χ4n) is 0.557. The molecule has 78 valence electrons. The summed E-state index contributed by atoms with van der Waals surface area (Å²) in [5, 5.41) is 8.32. The predicted molar refractivity (Wildman–Crippen MR) is 37.1 cm³/mol. The van der Waals surface area contributed by atoms with E-state index in [1.807, 2.05) is 0 Å². The van der Waals surface area contributed by atoms with Crippen molar-refractivity contribution >= 4 is 5.97 Å². The van der Waals surface area contributed by atoms with Crippen molar-refractivity contribution in [3.63, 3.8) is 0 Å². The van der Waals surface area contributed by atoms with Crippen molar-refractivity contribution in [3.8, 4) is 0 Å². The summed E-state index contributed by atoms with van der Waals surface area (Å²) in [5.41, 5.74) is 4.94. The minimum atomic E-state index is -4.34. The molecule has 0 aliphatic carbocycles.